The molecular weight excluding hydrogens is 280 g/mol. The van der Waals surface area contributed by atoms with Gasteiger partial charge in [-0.3, -0.25) is 10.0 Å². The first-order valence-corrected chi connectivity index (χ1v) is 7.45. The third kappa shape index (κ3) is 1.69. The number of ketones is 1. The summed E-state index contributed by atoms with van der Waals surface area (Å²) in [5.74, 6) is -0.168. The molecule has 0 saturated heterocycles. The minimum atomic E-state index is -1.35. The van der Waals surface area contributed by atoms with Crippen LogP contribution in [0.15, 0.2) is 46.3 Å². The van der Waals surface area contributed by atoms with E-state index in [4.69, 9.17) is 5.73 Å². The molecule has 1 saturated carbocycles. The fraction of sp³-hybridized carbons (Fsp3) is 0.471. The van der Waals surface area contributed by atoms with Gasteiger partial charge < -0.3 is 10.8 Å². The van der Waals surface area contributed by atoms with E-state index in [-0.39, 0.29) is 18.1 Å². The Labute approximate surface area is 130 Å². The van der Waals surface area contributed by atoms with Gasteiger partial charge in [-0.25, -0.2) is 5.06 Å². The first kappa shape index (κ1) is 15.1. The van der Waals surface area contributed by atoms with Gasteiger partial charge in [-0.1, -0.05) is 12.2 Å². The number of aliphatic hydroxyl groups is 1. The van der Waals surface area contributed by atoms with Gasteiger partial charge in [-0.2, -0.15) is 0 Å². The average molecular weight is 302 g/mol. The van der Waals surface area contributed by atoms with Crippen molar-refractivity contribution in [3.8, 4) is 0 Å². The van der Waals surface area contributed by atoms with Crippen molar-refractivity contribution in [2.75, 3.05) is 6.54 Å². The maximum Gasteiger partial charge on any atom is 0.195 e. The zero-order valence-corrected chi connectivity index (χ0v) is 13.2. The molecule has 4 N–H and O–H groups in total. The molecule has 5 heteroatoms. The van der Waals surface area contributed by atoms with Gasteiger partial charge in [0, 0.05) is 11.0 Å². The number of hydrogen-bond acceptors (Lipinski definition) is 5. The highest BCUT2D eigenvalue weighted by molar-refractivity contribution is 6.10. The number of Topliss-reactive ketones (excluding diaryl/α,β-unsaturated/α-hetero) is 1. The largest absolute Gasteiger partial charge is 0.384 e. The molecule has 0 aromatic heterocycles. The van der Waals surface area contributed by atoms with E-state index in [0.29, 0.717) is 5.57 Å². The minimum Gasteiger partial charge on any atom is -0.384 e. The molecular formula is C17H22N2O3. The van der Waals surface area contributed by atoms with E-state index in [2.05, 4.69) is 6.58 Å². The number of nitrogens with zero attached hydrogens (tertiary/aromatic N) is 1. The van der Waals surface area contributed by atoms with Crippen molar-refractivity contribution in [3.05, 3.63) is 46.3 Å². The molecule has 118 valence electrons. The van der Waals surface area contributed by atoms with E-state index in [9.17, 15) is 15.1 Å². The Morgan fingerprint density at radius 1 is 1.45 bits per heavy atom. The molecule has 22 heavy (non-hydrogen) atoms. The molecule has 0 heterocycles. The highest BCUT2D eigenvalue weighted by atomic mass is 16.5. The van der Waals surface area contributed by atoms with Crippen LogP contribution in [0.1, 0.15) is 33.6 Å². The van der Waals surface area contributed by atoms with E-state index in [1.807, 2.05) is 13.8 Å². The van der Waals surface area contributed by atoms with Gasteiger partial charge in [0.15, 0.2) is 5.78 Å². The number of hydrogen-bond donors (Lipinski definition) is 3. The van der Waals surface area contributed by atoms with Gasteiger partial charge in [0.25, 0.3) is 0 Å². The molecule has 3 rings (SSSR count). The lowest BCUT2D eigenvalue weighted by Gasteiger charge is -2.39. The first-order valence-electron chi connectivity index (χ1n) is 7.45. The highest BCUT2D eigenvalue weighted by Gasteiger charge is 2.65. The zero-order valence-electron chi connectivity index (χ0n) is 13.2. The van der Waals surface area contributed by atoms with Gasteiger partial charge in [-0.05, 0) is 56.4 Å². The van der Waals surface area contributed by atoms with Gasteiger partial charge in [0.2, 0.25) is 0 Å². The van der Waals surface area contributed by atoms with E-state index in [0.717, 1.165) is 40.2 Å². The lowest BCUT2D eigenvalue weighted by Crippen LogP contribution is -2.49. The molecule has 5 nitrogen and oxygen atoms in total. The quantitative estimate of drug-likeness (QED) is 0.692. The van der Waals surface area contributed by atoms with Crippen molar-refractivity contribution >= 4 is 5.78 Å². The van der Waals surface area contributed by atoms with Crippen molar-refractivity contribution < 1.29 is 15.1 Å². The smallest absolute Gasteiger partial charge is 0.195 e. The van der Waals surface area contributed by atoms with Crippen LogP contribution in [0, 0.1) is 5.41 Å². The van der Waals surface area contributed by atoms with Crippen LogP contribution in [0.25, 0.3) is 0 Å². The molecule has 0 bridgehead atoms. The van der Waals surface area contributed by atoms with E-state index < -0.39 is 11.0 Å². The molecule has 0 aliphatic heterocycles. The number of nitrogens with two attached hydrogens (primary N) is 1. The summed E-state index contributed by atoms with van der Waals surface area (Å²) in [6.07, 6.45) is 3.42. The van der Waals surface area contributed by atoms with Crippen LogP contribution in [0.5, 0.6) is 0 Å². The Bertz CT molecular complexity index is 691. The minimum absolute atomic E-state index is 0.0577. The maximum atomic E-state index is 12.7. The van der Waals surface area contributed by atoms with Crippen LogP contribution in [-0.4, -0.2) is 33.3 Å². The fourth-order valence-corrected chi connectivity index (χ4v) is 3.87. The van der Waals surface area contributed by atoms with Gasteiger partial charge in [0.1, 0.15) is 11.4 Å². The standard InChI is InChI=1S/C17H22N2O3/c1-9-7-12-14(13(9)8-19(22)11(3)18)10(2)17(5-6-17)16(4,21)15(12)20/h7,21-22H,3,5-6,8,18H2,1-2,4H3/t16-/m0/s1. The first-order chi connectivity index (χ1) is 10.1. The summed E-state index contributed by atoms with van der Waals surface area (Å²) in [6.45, 7) is 9.20. The third-order valence-electron chi connectivity index (χ3n) is 5.51. The summed E-state index contributed by atoms with van der Waals surface area (Å²) in [6, 6.07) is 0. The Morgan fingerprint density at radius 2 is 2.05 bits per heavy atom. The van der Waals surface area contributed by atoms with Crippen LogP contribution in [-0.2, 0) is 4.79 Å². The van der Waals surface area contributed by atoms with E-state index >= 15 is 0 Å². The number of hydroxylamine groups is 2. The number of carbonyl (C=O) groups excluding carboxylic acids is 1. The van der Waals surface area contributed by atoms with Crippen molar-refractivity contribution in [3.63, 3.8) is 0 Å². The van der Waals surface area contributed by atoms with Crippen LogP contribution < -0.4 is 5.73 Å². The van der Waals surface area contributed by atoms with Crippen LogP contribution in [0.4, 0.5) is 0 Å². The Balaban J connectivity index is 2.10. The lowest BCUT2D eigenvalue weighted by atomic mass is 9.67. The number of rotatable bonds is 3. The molecule has 3 aliphatic carbocycles. The van der Waals surface area contributed by atoms with E-state index in [1.54, 1.807) is 13.0 Å². The second kappa shape index (κ2) is 4.33. The molecule has 3 aliphatic rings. The van der Waals surface area contributed by atoms with Crippen LogP contribution in [0.2, 0.25) is 0 Å². The van der Waals surface area contributed by atoms with Gasteiger partial charge in [0.05, 0.1) is 6.54 Å². The molecule has 0 aromatic rings. The molecule has 0 aromatic carbocycles. The zero-order chi connectivity index (χ0) is 16.4. The van der Waals surface area contributed by atoms with Crippen LogP contribution >= 0.6 is 0 Å². The molecule has 0 amide bonds. The maximum absolute atomic E-state index is 12.7. The number of allylic oxidation sites excluding steroid dienone is 2. The summed E-state index contributed by atoms with van der Waals surface area (Å²) in [5.41, 5.74) is 7.94. The second-order valence-corrected chi connectivity index (χ2v) is 6.75. The normalized spacial score (nSPS) is 29.0. The van der Waals surface area contributed by atoms with Gasteiger partial charge in [-0.15, -0.1) is 0 Å². The molecule has 0 unspecified atom stereocenters. The molecule has 1 fully saturated rings. The van der Waals surface area contributed by atoms with Crippen molar-refractivity contribution in [2.24, 2.45) is 11.1 Å². The molecule has 0 radical (unpaired) electrons. The van der Waals surface area contributed by atoms with Crippen LogP contribution in [0.3, 0.4) is 0 Å². The van der Waals surface area contributed by atoms with Crippen molar-refractivity contribution in [1.29, 1.82) is 0 Å². The molecule has 1 atom stereocenters. The number of carbonyl (C=O) groups is 1. The topological polar surface area (TPSA) is 86.8 Å². The Morgan fingerprint density at radius 3 is 2.55 bits per heavy atom. The molecule has 1 spiro atoms. The van der Waals surface area contributed by atoms with Gasteiger partial charge >= 0.3 is 0 Å². The third-order valence-corrected chi connectivity index (χ3v) is 5.51. The summed E-state index contributed by atoms with van der Waals surface area (Å²) in [4.78, 5) is 12.7. The number of fused-ring (bicyclic) bond motifs is 1. The second-order valence-electron chi connectivity index (χ2n) is 6.75. The van der Waals surface area contributed by atoms with Crippen molar-refractivity contribution in [1.82, 2.24) is 5.06 Å². The summed E-state index contributed by atoms with van der Waals surface area (Å²) >= 11 is 0. The average Bonchev–Trinajstić information content (AvgIpc) is 3.18. The van der Waals surface area contributed by atoms with Crippen molar-refractivity contribution in [2.45, 2.75) is 39.2 Å². The predicted molar refractivity (Wildman–Crippen MR) is 82.6 cm³/mol. The monoisotopic (exact) mass is 302 g/mol. The summed E-state index contributed by atoms with van der Waals surface area (Å²) < 4.78 is 0. The summed E-state index contributed by atoms with van der Waals surface area (Å²) in [5, 5.41) is 21.5. The Hall–Kier alpha value is -1.85. The fourth-order valence-electron chi connectivity index (χ4n) is 3.87. The summed E-state index contributed by atoms with van der Waals surface area (Å²) in [7, 11) is 0. The SMILES string of the molecule is C=C(N)N(O)CC1=C(C)C=C2C(=O)[C@](C)(O)C3(CC3)C(C)=C21. The predicted octanol–water partition coefficient (Wildman–Crippen LogP) is 1.79. The Kier molecular flexibility index (Phi) is 2.97. The highest BCUT2D eigenvalue weighted by Crippen LogP contribution is 2.64. The van der Waals surface area contributed by atoms with E-state index in [1.165, 1.54) is 0 Å². The lowest BCUT2D eigenvalue weighted by molar-refractivity contribution is -0.137.